The molecule has 0 saturated carbocycles. The third-order valence-corrected chi connectivity index (χ3v) is 2.27. The first-order valence-corrected chi connectivity index (χ1v) is 4.71. The standard InChI is InChI=1S/C11H13N3O/c1-8-4-5-9(6-10(8)15-3)11-12-7-14(2)13-11/h4-7H,1-3H3. The Kier molecular flexibility index (Phi) is 2.41. The van der Waals surface area contributed by atoms with Gasteiger partial charge in [0.2, 0.25) is 0 Å². The van der Waals surface area contributed by atoms with E-state index in [0.29, 0.717) is 0 Å². The van der Waals surface area contributed by atoms with Gasteiger partial charge in [-0.25, -0.2) is 4.98 Å². The van der Waals surface area contributed by atoms with Crippen LogP contribution in [0, 0.1) is 6.92 Å². The van der Waals surface area contributed by atoms with Gasteiger partial charge in [-0.1, -0.05) is 12.1 Å². The summed E-state index contributed by atoms with van der Waals surface area (Å²) in [5.74, 6) is 1.58. The molecule has 0 aliphatic carbocycles. The monoisotopic (exact) mass is 203 g/mol. The van der Waals surface area contributed by atoms with E-state index in [1.54, 1.807) is 18.1 Å². The molecule has 4 heteroatoms. The summed E-state index contributed by atoms with van der Waals surface area (Å²) in [6.45, 7) is 2.01. The largest absolute Gasteiger partial charge is 0.496 e. The van der Waals surface area contributed by atoms with E-state index >= 15 is 0 Å². The first-order chi connectivity index (χ1) is 7.20. The van der Waals surface area contributed by atoms with Gasteiger partial charge in [-0.05, 0) is 18.6 Å². The molecule has 2 rings (SSSR count). The number of benzene rings is 1. The lowest BCUT2D eigenvalue weighted by molar-refractivity contribution is 0.412. The molecule has 0 radical (unpaired) electrons. The molecule has 0 aliphatic rings. The van der Waals surface area contributed by atoms with Crippen LogP contribution in [0.4, 0.5) is 0 Å². The molecule has 0 spiro atoms. The lowest BCUT2D eigenvalue weighted by Crippen LogP contribution is -1.90. The molecule has 1 aromatic carbocycles. The van der Waals surface area contributed by atoms with Crippen LogP contribution < -0.4 is 4.74 Å². The molecule has 78 valence electrons. The summed E-state index contributed by atoms with van der Waals surface area (Å²) in [4.78, 5) is 4.19. The van der Waals surface area contributed by atoms with Gasteiger partial charge in [0.1, 0.15) is 12.1 Å². The minimum Gasteiger partial charge on any atom is -0.496 e. The molecule has 2 aromatic rings. The summed E-state index contributed by atoms with van der Waals surface area (Å²) in [5.41, 5.74) is 2.08. The number of methoxy groups -OCH3 is 1. The highest BCUT2D eigenvalue weighted by Gasteiger charge is 2.05. The lowest BCUT2D eigenvalue weighted by atomic mass is 10.1. The number of hydrogen-bond donors (Lipinski definition) is 0. The third kappa shape index (κ3) is 1.83. The zero-order chi connectivity index (χ0) is 10.8. The van der Waals surface area contributed by atoms with Crippen molar-refractivity contribution in [2.45, 2.75) is 6.92 Å². The second kappa shape index (κ2) is 3.73. The molecule has 4 nitrogen and oxygen atoms in total. The van der Waals surface area contributed by atoms with Gasteiger partial charge in [-0.15, -0.1) is 0 Å². The van der Waals surface area contributed by atoms with Gasteiger partial charge >= 0.3 is 0 Å². The molecule has 0 atom stereocenters. The van der Waals surface area contributed by atoms with Gasteiger partial charge in [0, 0.05) is 12.6 Å². The highest BCUT2D eigenvalue weighted by Crippen LogP contribution is 2.24. The van der Waals surface area contributed by atoms with E-state index in [9.17, 15) is 0 Å². The molecule has 0 fully saturated rings. The maximum Gasteiger partial charge on any atom is 0.181 e. The summed E-state index contributed by atoms with van der Waals surface area (Å²) < 4.78 is 6.93. The van der Waals surface area contributed by atoms with E-state index in [0.717, 1.165) is 22.7 Å². The predicted molar refractivity (Wildman–Crippen MR) is 57.7 cm³/mol. The summed E-state index contributed by atoms with van der Waals surface area (Å²) in [6.07, 6.45) is 1.68. The first kappa shape index (κ1) is 9.71. The molecule has 1 heterocycles. The van der Waals surface area contributed by atoms with Gasteiger partial charge in [-0.3, -0.25) is 4.68 Å². The summed E-state index contributed by atoms with van der Waals surface area (Å²) in [6, 6.07) is 5.95. The van der Waals surface area contributed by atoms with E-state index in [4.69, 9.17) is 4.74 Å². The first-order valence-electron chi connectivity index (χ1n) is 4.71. The van der Waals surface area contributed by atoms with Crippen LogP contribution in [0.2, 0.25) is 0 Å². The second-order valence-corrected chi connectivity index (χ2v) is 3.43. The van der Waals surface area contributed by atoms with Crippen molar-refractivity contribution >= 4 is 0 Å². The molecule has 0 saturated heterocycles. The van der Waals surface area contributed by atoms with Crippen molar-refractivity contribution in [2.24, 2.45) is 7.05 Å². The normalized spacial score (nSPS) is 10.3. The average Bonchev–Trinajstić information content (AvgIpc) is 2.66. The molecule has 1 aromatic heterocycles. The van der Waals surface area contributed by atoms with Crippen molar-refractivity contribution in [3.8, 4) is 17.1 Å². The Balaban J connectivity index is 2.45. The smallest absolute Gasteiger partial charge is 0.181 e. The molecular formula is C11H13N3O. The number of hydrogen-bond acceptors (Lipinski definition) is 3. The lowest BCUT2D eigenvalue weighted by Gasteiger charge is -2.05. The van der Waals surface area contributed by atoms with Gasteiger partial charge in [-0.2, -0.15) is 5.10 Å². The number of aromatic nitrogens is 3. The van der Waals surface area contributed by atoms with Crippen LogP contribution in [-0.2, 0) is 7.05 Å². The Bertz CT molecular complexity index is 476. The van der Waals surface area contributed by atoms with E-state index in [1.165, 1.54) is 0 Å². The van der Waals surface area contributed by atoms with Crippen molar-refractivity contribution in [1.29, 1.82) is 0 Å². The van der Waals surface area contributed by atoms with Gasteiger partial charge < -0.3 is 4.74 Å². The zero-order valence-electron chi connectivity index (χ0n) is 9.06. The second-order valence-electron chi connectivity index (χ2n) is 3.43. The Morgan fingerprint density at radius 1 is 1.33 bits per heavy atom. The Morgan fingerprint density at radius 3 is 2.73 bits per heavy atom. The fraction of sp³-hybridized carbons (Fsp3) is 0.273. The van der Waals surface area contributed by atoms with Crippen molar-refractivity contribution < 1.29 is 4.74 Å². The summed E-state index contributed by atoms with van der Waals surface area (Å²) in [5, 5.41) is 4.24. The highest BCUT2D eigenvalue weighted by atomic mass is 16.5. The van der Waals surface area contributed by atoms with Crippen molar-refractivity contribution in [3.05, 3.63) is 30.1 Å². The SMILES string of the molecule is COc1cc(-c2ncn(C)n2)ccc1C. The van der Waals surface area contributed by atoms with Crippen LogP contribution in [0.3, 0.4) is 0 Å². The minimum atomic E-state index is 0.718. The van der Waals surface area contributed by atoms with Crippen molar-refractivity contribution in [2.75, 3.05) is 7.11 Å². The predicted octanol–water partition coefficient (Wildman–Crippen LogP) is 1.80. The molecule has 15 heavy (non-hydrogen) atoms. The maximum absolute atomic E-state index is 5.25. The quantitative estimate of drug-likeness (QED) is 0.747. The molecular weight excluding hydrogens is 190 g/mol. The molecule has 0 amide bonds. The third-order valence-electron chi connectivity index (χ3n) is 2.27. The molecule has 0 bridgehead atoms. The Labute approximate surface area is 88.5 Å². The van der Waals surface area contributed by atoms with E-state index in [-0.39, 0.29) is 0 Å². The fourth-order valence-electron chi connectivity index (χ4n) is 1.43. The number of aryl methyl sites for hydroxylation is 2. The Morgan fingerprint density at radius 2 is 2.13 bits per heavy atom. The van der Waals surface area contributed by atoms with Crippen LogP contribution in [0.1, 0.15) is 5.56 Å². The van der Waals surface area contributed by atoms with Crippen molar-refractivity contribution in [1.82, 2.24) is 14.8 Å². The maximum atomic E-state index is 5.25. The molecule has 0 unspecified atom stereocenters. The average molecular weight is 203 g/mol. The number of ether oxygens (including phenoxy) is 1. The molecule has 0 aliphatic heterocycles. The van der Waals surface area contributed by atoms with E-state index < -0.39 is 0 Å². The highest BCUT2D eigenvalue weighted by molar-refractivity contribution is 5.58. The van der Waals surface area contributed by atoms with Crippen LogP contribution in [0.25, 0.3) is 11.4 Å². The van der Waals surface area contributed by atoms with Gasteiger partial charge in [0.25, 0.3) is 0 Å². The topological polar surface area (TPSA) is 39.9 Å². The fourth-order valence-corrected chi connectivity index (χ4v) is 1.43. The van der Waals surface area contributed by atoms with Crippen LogP contribution in [-0.4, -0.2) is 21.9 Å². The number of nitrogens with zero attached hydrogens (tertiary/aromatic N) is 3. The zero-order valence-corrected chi connectivity index (χ0v) is 9.06. The minimum absolute atomic E-state index is 0.718. The Hall–Kier alpha value is -1.84. The van der Waals surface area contributed by atoms with Gasteiger partial charge in [0.15, 0.2) is 5.82 Å². The number of rotatable bonds is 2. The summed E-state index contributed by atoms with van der Waals surface area (Å²) >= 11 is 0. The van der Waals surface area contributed by atoms with Crippen LogP contribution in [0.5, 0.6) is 5.75 Å². The molecule has 0 N–H and O–H groups in total. The van der Waals surface area contributed by atoms with E-state index in [2.05, 4.69) is 10.1 Å². The van der Waals surface area contributed by atoms with Crippen LogP contribution >= 0.6 is 0 Å². The summed E-state index contributed by atoms with van der Waals surface area (Å²) in [7, 11) is 3.51. The van der Waals surface area contributed by atoms with E-state index in [1.807, 2.05) is 32.2 Å². The van der Waals surface area contributed by atoms with Crippen LogP contribution in [0.15, 0.2) is 24.5 Å². The van der Waals surface area contributed by atoms with Crippen molar-refractivity contribution in [3.63, 3.8) is 0 Å². The van der Waals surface area contributed by atoms with Gasteiger partial charge in [0.05, 0.1) is 7.11 Å².